The second-order valence-corrected chi connectivity index (χ2v) is 7.41. The lowest BCUT2D eigenvalue weighted by Crippen LogP contribution is -2.51. The van der Waals surface area contributed by atoms with E-state index < -0.39 is 0 Å². The van der Waals surface area contributed by atoms with Crippen LogP contribution in [0.15, 0.2) is 91.0 Å². The van der Waals surface area contributed by atoms with Crippen molar-refractivity contribution >= 4 is 45.6 Å². The second-order valence-electron chi connectivity index (χ2n) is 7.41. The van der Waals surface area contributed by atoms with Gasteiger partial charge < -0.3 is 9.29 Å². The first-order chi connectivity index (χ1) is 13.4. The molecule has 0 fully saturated rings. The molecule has 0 unspecified atom stereocenters. The predicted molar refractivity (Wildman–Crippen MR) is 114 cm³/mol. The Morgan fingerprint density at radius 2 is 1.26 bits per heavy atom. The summed E-state index contributed by atoms with van der Waals surface area (Å²) in [6.07, 6.45) is 0. The van der Waals surface area contributed by atoms with Gasteiger partial charge in [0.05, 0.1) is 11.2 Å². The van der Waals surface area contributed by atoms with Crippen molar-refractivity contribution in [3.63, 3.8) is 0 Å². The average Bonchev–Trinajstić information content (AvgIpc) is 3.26. The van der Waals surface area contributed by atoms with E-state index in [1.54, 1.807) is 0 Å². The first-order valence-corrected chi connectivity index (χ1v) is 9.43. The molecule has 27 heavy (non-hydrogen) atoms. The summed E-state index contributed by atoms with van der Waals surface area (Å²) in [7, 11) is 0. The van der Waals surface area contributed by atoms with Gasteiger partial charge in [0.15, 0.2) is 0 Å². The highest BCUT2D eigenvalue weighted by atomic mass is 15.2. The molecule has 2 nitrogen and oxygen atoms in total. The number of hydrogen-bond acceptors (Lipinski definition) is 1. The summed E-state index contributed by atoms with van der Waals surface area (Å²) in [5.74, 6) is 0. The van der Waals surface area contributed by atoms with E-state index in [4.69, 9.17) is 0 Å². The third kappa shape index (κ3) is 1.50. The summed E-state index contributed by atoms with van der Waals surface area (Å²) in [4.78, 5) is 2.52. The normalized spacial score (nSPS) is 13.8. The van der Waals surface area contributed by atoms with E-state index in [1.165, 1.54) is 49.8 Å². The molecule has 0 N–H and O–H groups in total. The minimum atomic E-state index is 0.163. The lowest BCUT2D eigenvalue weighted by molar-refractivity contribution is 1.31. The van der Waals surface area contributed by atoms with E-state index in [0.29, 0.717) is 0 Å². The van der Waals surface area contributed by atoms with Crippen molar-refractivity contribution in [3.8, 4) is 11.1 Å². The van der Waals surface area contributed by atoms with Gasteiger partial charge in [-0.1, -0.05) is 72.8 Å². The van der Waals surface area contributed by atoms with Crippen molar-refractivity contribution in [2.75, 3.05) is 4.81 Å². The van der Waals surface area contributed by atoms with Crippen LogP contribution in [-0.2, 0) is 0 Å². The first-order valence-electron chi connectivity index (χ1n) is 9.43. The van der Waals surface area contributed by atoms with E-state index in [9.17, 15) is 0 Å². The molecular formula is C24H15BN2. The van der Waals surface area contributed by atoms with Gasteiger partial charge >= 0.3 is 6.98 Å². The molecule has 124 valence electrons. The number of fused-ring (bicyclic) bond motifs is 11. The van der Waals surface area contributed by atoms with E-state index in [1.807, 2.05) is 0 Å². The summed E-state index contributed by atoms with van der Waals surface area (Å²) < 4.78 is 2.54. The van der Waals surface area contributed by atoms with Gasteiger partial charge in [0, 0.05) is 27.5 Å². The van der Waals surface area contributed by atoms with E-state index in [2.05, 4.69) is 100 Å². The molecule has 0 spiro atoms. The lowest BCUT2D eigenvalue weighted by Gasteiger charge is -2.34. The minimum absolute atomic E-state index is 0.163. The third-order valence-electron chi connectivity index (χ3n) is 6.15. The van der Waals surface area contributed by atoms with Crippen LogP contribution >= 0.6 is 0 Å². The Morgan fingerprint density at radius 1 is 0.556 bits per heavy atom. The fraction of sp³-hybridized carbons (Fsp3) is 0. The van der Waals surface area contributed by atoms with Gasteiger partial charge in [-0.15, -0.1) is 0 Å². The molecular weight excluding hydrogens is 327 g/mol. The number of anilines is 2. The summed E-state index contributed by atoms with van der Waals surface area (Å²) in [6.45, 7) is 0.163. The van der Waals surface area contributed by atoms with Crippen molar-refractivity contribution in [3.05, 3.63) is 91.0 Å². The zero-order valence-corrected chi connectivity index (χ0v) is 14.6. The van der Waals surface area contributed by atoms with Crippen LogP contribution in [0.1, 0.15) is 0 Å². The van der Waals surface area contributed by atoms with Crippen LogP contribution in [-0.4, -0.2) is 11.5 Å². The monoisotopic (exact) mass is 342 g/mol. The molecule has 0 saturated carbocycles. The maximum absolute atomic E-state index is 2.54. The fourth-order valence-corrected chi connectivity index (χ4v) is 5.15. The number of nitrogens with zero attached hydrogens (tertiary/aromatic N) is 2. The van der Waals surface area contributed by atoms with Gasteiger partial charge in [0.25, 0.3) is 0 Å². The number of aromatic nitrogens is 1. The maximum atomic E-state index is 2.54. The van der Waals surface area contributed by atoms with Gasteiger partial charge in [0.1, 0.15) is 0 Å². The maximum Gasteiger partial charge on any atom is 0.421 e. The Balaban J connectivity index is 1.71. The van der Waals surface area contributed by atoms with Gasteiger partial charge in [-0.2, -0.15) is 0 Å². The molecule has 7 rings (SSSR count). The standard InChI is InChI=1S/C24H15BN2/c1-4-12-20-16(8-1)17-9-2-5-13-21(17)26-23-15-7-11-19-18-10-3-6-14-22(18)27(24(19)23)25(20)26/h1-15H. The largest absolute Gasteiger partial charge is 0.421 e. The second kappa shape index (κ2) is 4.63. The average molecular weight is 342 g/mol. The van der Waals surface area contributed by atoms with Crippen molar-refractivity contribution < 1.29 is 0 Å². The van der Waals surface area contributed by atoms with Gasteiger partial charge in [-0.3, -0.25) is 0 Å². The van der Waals surface area contributed by atoms with Crippen LogP contribution in [0.4, 0.5) is 11.4 Å². The molecule has 0 saturated heterocycles. The van der Waals surface area contributed by atoms with Crippen molar-refractivity contribution in [1.82, 2.24) is 4.48 Å². The van der Waals surface area contributed by atoms with Crippen LogP contribution in [0, 0.1) is 0 Å². The molecule has 0 atom stereocenters. The van der Waals surface area contributed by atoms with E-state index >= 15 is 0 Å². The van der Waals surface area contributed by atoms with Crippen molar-refractivity contribution in [2.24, 2.45) is 0 Å². The first kappa shape index (κ1) is 13.7. The molecule has 0 radical (unpaired) electrons. The summed E-state index contributed by atoms with van der Waals surface area (Å²) in [5, 5.41) is 2.68. The molecule has 3 heteroatoms. The van der Waals surface area contributed by atoms with Crippen LogP contribution < -0.4 is 10.3 Å². The molecule has 0 amide bonds. The molecule has 4 aromatic carbocycles. The van der Waals surface area contributed by atoms with Crippen LogP contribution in [0.2, 0.25) is 0 Å². The van der Waals surface area contributed by atoms with Gasteiger partial charge in [-0.25, -0.2) is 0 Å². The van der Waals surface area contributed by atoms with E-state index in [-0.39, 0.29) is 6.98 Å². The molecule has 1 aromatic heterocycles. The molecule has 2 aliphatic rings. The Labute approximate surface area is 157 Å². The highest BCUT2D eigenvalue weighted by Gasteiger charge is 2.44. The molecule has 2 aliphatic heterocycles. The fourth-order valence-electron chi connectivity index (χ4n) is 5.15. The summed E-state index contributed by atoms with van der Waals surface area (Å²) in [6, 6.07) is 33.2. The number of para-hydroxylation sites is 3. The Hall–Kier alpha value is -3.46. The number of rotatable bonds is 0. The summed E-state index contributed by atoms with van der Waals surface area (Å²) in [5.41, 5.74) is 9.27. The topological polar surface area (TPSA) is 8.17 Å². The van der Waals surface area contributed by atoms with Gasteiger partial charge in [-0.05, 0) is 29.2 Å². The zero-order valence-electron chi connectivity index (χ0n) is 14.6. The van der Waals surface area contributed by atoms with Crippen LogP contribution in [0.5, 0.6) is 0 Å². The smallest absolute Gasteiger partial charge is 0.359 e. The van der Waals surface area contributed by atoms with Crippen molar-refractivity contribution in [2.45, 2.75) is 0 Å². The molecule has 5 aromatic rings. The summed E-state index contributed by atoms with van der Waals surface area (Å²) >= 11 is 0. The number of hydrogen-bond donors (Lipinski definition) is 0. The van der Waals surface area contributed by atoms with Crippen molar-refractivity contribution in [1.29, 1.82) is 0 Å². The zero-order chi connectivity index (χ0) is 17.5. The Kier molecular flexibility index (Phi) is 2.35. The Morgan fingerprint density at radius 3 is 2.22 bits per heavy atom. The Bertz CT molecular complexity index is 1400. The minimum Gasteiger partial charge on any atom is -0.359 e. The predicted octanol–water partition coefficient (Wildman–Crippen LogP) is 5.17. The van der Waals surface area contributed by atoms with E-state index in [0.717, 1.165) is 0 Å². The highest BCUT2D eigenvalue weighted by Crippen LogP contribution is 2.48. The molecule has 3 heterocycles. The SMILES string of the molecule is c1ccc2c(c1)B1N(c3ccccc3-2)c2cccc3c4ccccc4n1c23. The highest BCUT2D eigenvalue weighted by molar-refractivity contribution is 6.82. The molecule has 0 bridgehead atoms. The third-order valence-corrected chi connectivity index (χ3v) is 6.15. The quantitative estimate of drug-likeness (QED) is 0.353. The lowest BCUT2D eigenvalue weighted by atomic mass is 9.60. The van der Waals surface area contributed by atoms with Crippen LogP contribution in [0.3, 0.4) is 0 Å². The van der Waals surface area contributed by atoms with Gasteiger partial charge in [0.2, 0.25) is 0 Å². The number of benzene rings is 4. The van der Waals surface area contributed by atoms with Crippen LogP contribution in [0.25, 0.3) is 32.9 Å². The molecule has 0 aliphatic carbocycles.